The van der Waals surface area contributed by atoms with Crippen LogP contribution in [0.15, 0.2) is 30.3 Å². The second kappa shape index (κ2) is 8.03. The molecule has 5 nitrogen and oxygen atoms in total. The third kappa shape index (κ3) is 5.25. The molecule has 2 N–H and O–H groups in total. The number of halogens is 4. The zero-order valence-electron chi connectivity index (χ0n) is 14.2. The van der Waals surface area contributed by atoms with E-state index in [1.807, 2.05) is 0 Å². The molecule has 2 heterocycles. The largest absolute Gasteiger partial charge is 0.433 e. The fourth-order valence-electron chi connectivity index (χ4n) is 2.67. The Morgan fingerprint density at radius 3 is 2.41 bits per heavy atom. The maximum Gasteiger partial charge on any atom is 0.433 e. The normalized spacial score (nSPS) is 14.3. The lowest BCUT2D eigenvalue weighted by molar-refractivity contribution is -0.141. The van der Waals surface area contributed by atoms with Crippen LogP contribution in [0.4, 0.5) is 29.3 Å². The number of hydrogen-bond acceptors (Lipinski definition) is 4. The Morgan fingerprint density at radius 2 is 1.78 bits per heavy atom. The minimum Gasteiger partial charge on any atom is -0.358 e. The molecule has 1 aromatic heterocycles. The minimum absolute atomic E-state index is 0.0750. The lowest BCUT2D eigenvalue weighted by atomic mass is 10.2. The average Bonchev–Trinajstić information content (AvgIpc) is 3.15. The number of thiocarbonyl (C=S) groups is 1. The van der Waals surface area contributed by atoms with Crippen LogP contribution >= 0.6 is 12.2 Å². The van der Waals surface area contributed by atoms with E-state index >= 15 is 0 Å². The Kier molecular flexibility index (Phi) is 5.73. The Bertz CT molecular complexity index is 804. The molecule has 0 saturated carbocycles. The number of aromatic nitrogens is 2. The molecule has 0 spiro atoms. The van der Waals surface area contributed by atoms with Crippen molar-refractivity contribution in [2.75, 3.05) is 23.3 Å². The van der Waals surface area contributed by atoms with E-state index in [4.69, 9.17) is 12.2 Å². The van der Waals surface area contributed by atoms with Gasteiger partial charge in [-0.1, -0.05) is 12.1 Å². The monoisotopic (exact) mass is 399 g/mol. The maximum atomic E-state index is 13.2. The van der Waals surface area contributed by atoms with Crippen molar-refractivity contribution < 1.29 is 17.6 Å². The predicted octanol–water partition coefficient (Wildman–Crippen LogP) is 3.72. The van der Waals surface area contributed by atoms with Gasteiger partial charge in [0.15, 0.2) is 10.8 Å². The van der Waals surface area contributed by atoms with Gasteiger partial charge in [0.1, 0.15) is 11.6 Å². The fourth-order valence-corrected chi connectivity index (χ4v) is 2.84. The summed E-state index contributed by atoms with van der Waals surface area (Å²) >= 11 is 5.10. The molecule has 1 fully saturated rings. The van der Waals surface area contributed by atoms with Crippen LogP contribution < -0.4 is 15.5 Å². The van der Waals surface area contributed by atoms with Gasteiger partial charge in [-0.15, -0.1) is 0 Å². The van der Waals surface area contributed by atoms with Crippen LogP contribution in [0.3, 0.4) is 0 Å². The molecule has 3 rings (SSSR count). The smallest absolute Gasteiger partial charge is 0.358 e. The van der Waals surface area contributed by atoms with Crippen molar-refractivity contribution in [2.24, 2.45) is 0 Å². The lowest BCUT2D eigenvalue weighted by Crippen LogP contribution is -2.30. The number of anilines is 2. The van der Waals surface area contributed by atoms with E-state index in [0.29, 0.717) is 13.1 Å². The third-order valence-corrected chi connectivity index (χ3v) is 4.27. The third-order valence-electron chi connectivity index (χ3n) is 4.02. The molecule has 0 unspecified atom stereocenters. The molecule has 27 heavy (non-hydrogen) atoms. The number of nitrogens with one attached hydrogen (secondary N) is 2. The summed E-state index contributed by atoms with van der Waals surface area (Å²) in [6.07, 6.45) is -2.77. The molecule has 10 heteroatoms. The van der Waals surface area contributed by atoms with E-state index < -0.39 is 11.9 Å². The molecule has 0 aliphatic carbocycles. The summed E-state index contributed by atoms with van der Waals surface area (Å²) in [5, 5.41) is 5.51. The molecular weight excluding hydrogens is 382 g/mol. The van der Waals surface area contributed by atoms with Crippen LogP contribution in [-0.4, -0.2) is 28.2 Å². The van der Waals surface area contributed by atoms with Crippen LogP contribution in [0.1, 0.15) is 24.1 Å². The summed E-state index contributed by atoms with van der Waals surface area (Å²) in [5.74, 6) is -0.353. The number of hydrogen-bond donors (Lipinski definition) is 2. The summed E-state index contributed by atoms with van der Waals surface area (Å²) in [7, 11) is 0. The number of benzene rings is 1. The Morgan fingerprint density at radius 1 is 1.11 bits per heavy atom. The van der Waals surface area contributed by atoms with Crippen LogP contribution in [0.5, 0.6) is 0 Å². The molecule has 144 valence electrons. The van der Waals surface area contributed by atoms with E-state index in [1.54, 1.807) is 17.0 Å². The summed E-state index contributed by atoms with van der Waals surface area (Å²) in [5.41, 5.74) is -0.258. The van der Waals surface area contributed by atoms with Crippen molar-refractivity contribution in [2.45, 2.75) is 25.6 Å². The molecule has 0 bridgehead atoms. The Labute approximate surface area is 158 Å². The van der Waals surface area contributed by atoms with Crippen LogP contribution in [0.25, 0.3) is 0 Å². The van der Waals surface area contributed by atoms with Crippen molar-refractivity contribution in [3.63, 3.8) is 0 Å². The number of nitrogens with zero attached hydrogens (tertiary/aromatic N) is 3. The first kappa shape index (κ1) is 19.3. The molecular formula is C17H17F4N5S. The van der Waals surface area contributed by atoms with E-state index in [9.17, 15) is 17.6 Å². The summed E-state index contributed by atoms with van der Waals surface area (Å²) in [6.45, 7) is 1.59. The van der Waals surface area contributed by atoms with E-state index in [0.717, 1.165) is 24.5 Å². The fraction of sp³-hybridized carbons (Fsp3) is 0.353. The first-order valence-electron chi connectivity index (χ1n) is 8.32. The molecule has 0 atom stereocenters. The van der Waals surface area contributed by atoms with Crippen molar-refractivity contribution in [3.8, 4) is 0 Å². The van der Waals surface area contributed by atoms with Gasteiger partial charge < -0.3 is 15.5 Å². The highest BCUT2D eigenvalue weighted by atomic mass is 32.1. The molecule has 1 saturated heterocycles. The topological polar surface area (TPSA) is 53.1 Å². The Balaban J connectivity index is 1.71. The second-order valence-electron chi connectivity index (χ2n) is 6.06. The summed E-state index contributed by atoms with van der Waals surface area (Å²) < 4.78 is 52.4. The average molecular weight is 399 g/mol. The lowest BCUT2D eigenvalue weighted by Gasteiger charge is -2.19. The van der Waals surface area contributed by atoms with Crippen molar-refractivity contribution in [3.05, 3.63) is 47.4 Å². The van der Waals surface area contributed by atoms with Gasteiger partial charge in [-0.25, -0.2) is 9.37 Å². The first-order valence-corrected chi connectivity index (χ1v) is 8.72. The molecule has 1 aromatic carbocycles. The van der Waals surface area contributed by atoms with Gasteiger partial charge in [-0.05, 0) is 42.8 Å². The van der Waals surface area contributed by atoms with Crippen molar-refractivity contribution >= 4 is 29.1 Å². The highest BCUT2D eigenvalue weighted by molar-refractivity contribution is 7.80. The van der Waals surface area contributed by atoms with Gasteiger partial charge in [0.2, 0.25) is 5.95 Å². The highest BCUT2D eigenvalue weighted by Gasteiger charge is 2.34. The van der Waals surface area contributed by atoms with Crippen molar-refractivity contribution in [1.29, 1.82) is 0 Å². The molecule has 0 radical (unpaired) electrons. The Hall–Kier alpha value is -2.49. The quantitative estimate of drug-likeness (QED) is 0.604. The summed E-state index contributed by atoms with van der Waals surface area (Å²) in [6, 6.07) is 6.73. The standard InChI is InChI=1S/C17H17F4N5S/c18-12-5-3-11(4-6-12)10-22-16(27)25-15-23-13(17(19,20)21)9-14(24-15)26-7-1-2-8-26/h3-6,9H,1-2,7-8,10H2,(H2,22,23,24,25,27). The highest BCUT2D eigenvalue weighted by Crippen LogP contribution is 2.31. The minimum atomic E-state index is -4.59. The van der Waals surface area contributed by atoms with Crippen LogP contribution in [0, 0.1) is 5.82 Å². The van der Waals surface area contributed by atoms with Gasteiger partial charge in [0, 0.05) is 25.7 Å². The predicted molar refractivity (Wildman–Crippen MR) is 97.9 cm³/mol. The van der Waals surface area contributed by atoms with Crippen LogP contribution in [0.2, 0.25) is 0 Å². The zero-order chi connectivity index (χ0) is 19.4. The van der Waals surface area contributed by atoms with Crippen molar-refractivity contribution in [1.82, 2.24) is 15.3 Å². The maximum absolute atomic E-state index is 13.2. The molecule has 1 aliphatic rings. The number of rotatable bonds is 4. The molecule has 0 amide bonds. The van der Waals surface area contributed by atoms with Gasteiger partial charge in [-0.2, -0.15) is 18.2 Å². The van der Waals surface area contributed by atoms with Gasteiger partial charge in [0.25, 0.3) is 0 Å². The number of alkyl halides is 3. The van der Waals surface area contributed by atoms with E-state index in [1.165, 1.54) is 12.1 Å². The van der Waals surface area contributed by atoms with E-state index in [-0.39, 0.29) is 29.2 Å². The van der Waals surface area contributed by atoms with E-state index in [2.05, 4.69) is 20.6 Å². The van der Waals surface area contributed by atoms with Gasteiger partial charge in [0.05, 0.1) is 0 Å². The molecule has 1 aliphatic heterocycles. The summed E-state index contributed by atoms with van der Waals surface area (Å²) in [4.78, 5) is 9.48. The SMILES string of the molecule is Fc1ccc(CNC(=S)Nc2nc(N3CCCC3)cc(C(F)(F)F)n2)cc1. The van der Waals surface area contributed by atoms with Crippen LogP contribution in [-0.2, 0) is 12.7 Å². The first-order chi connectivity index (χ1) is 12.8. The zero-order valence-corrected chi connectivity index (χ0v) is 15.0. The van der Waals surface area contributed by atoms with Gasteiger partial charge >= 0.3 is 6.18 Å². The second-order valence-corrected chi connectivity index (χ2v) is 6.47. The molecule has 2 aromatic rings. The van der Waals surface area contributed by atoms with Gasteiger partial charge in [-0.3, -0.25) is 0 Å².